The van der Waals surface area contributed by atoms with E-state index in [4.69, 9.17) is 22.1 Å². The molecule has 0 atom stereocenters. The average Bonchev–Trinajstić information content (AvgIpc) is 2.41. The lowest BCUT2D eigenvalue weighted by molar-refractivity contribution is 0.193. The summed E-state index contributed by atoms with van der Waals surface area (Å²) in [7, 11) is 0. The molecule has 19 heavy (non-hydrogen) atoms. The lowest BCUT2D eigenvalue weighted by Gasteiger charge is -2.29. The van der Waals surface area contributed by atoms with Crippen molar-refractivity contribution in [3.8, 4) is 5.75 Å². The summed E-state index contributed by atoms with van der Waals surface area (Å²) in [6.45, 7) is 3.72. The zero-order valence-corrected chi connectivity index (χ0v) is 11.7. The van der Waals surface area contributed by atoms with Crippen LogP contribution >= 0.6 is 11.6 Å². The Morgan fingerprint density at radius 1 is 1.37 bits per heavy atom. The highest BCUT2D eigenvalue weighted by Gasteiger charge is 2.15. The van der Waals surface area contributed by atoms with Crippen LogP contribution in [0.1, 0.15) is 19.3 Å². The van der Waals surface area contributed by atoms with Gasteiger partial charge in [-0.15, -0.1) is 0 Å². The van der Waals surface area contributed by atoms with E-state index in [-0.39, 0.29) is 5.02 Å². The molecule has 1 aromatic rings. The topological polar surface area (TPSA) is 38.5 Å². The van der Waals surface area contributed by atoms with Gasteiger partial charge in [0.1, 0.15) is 11.6 Å². The molecule has 1 aliphatic rings. The van der Waals surface area contributed by atoms with Crippen LogP contribution in [-0.2, 0) is 0 Å². The molecule has 1 aromatic carbocycles. The van der Waals surface area contributed by atoms with Crippen LogP contribution in [-0.4, -0.2) is 37.2 Å². The fourth-order valence-corrected chi connectivity index (χ4v) is 2.34. The monoisotopic (exact) mass is 286 g/mol. The molecule has 5 heteroatoms. The maximum Gasteiger partial charge on any atom is 0.145 e. The van der Waals surface area contributed by atoms with Crippen molar-refractivity contribution in [2.45, 2.75) is 25.3 Å². The summed E-state index contributed by atoms with van der Waals surface area (Å²) in [5.41, 5.74) is 5.86. The van der Waals surface area contributed by atoms with Crippen molar-refractivity contribution in [1.82, 2.24) is 4.90 Å². The van der Waals surface area contributed by atoms with Gasteiger partial charge < -0.3 is 15.4 Å². The van der Waals surface area contributed by atoms with E-state index in [1.54, 1.807) is 6.07 Å². The molecular weight excluding hydrogens is 267 g/mol. The summed E-state index contributed by atoms with van der Waals surface area (Å²) in [6, 6.07) is 4.88. The third-order valence-corrected chi connectivity index (χ3v) is 3.72. The molecule has 0 aromatic heterocycles. The minimum Gasteiger partial charge on any atom is -0.493 e. The molecule has 0 unspecified atom stereocenters. The predicted molar refractivity (Wildman–Crippen MR) is 75.2 cm³/mol. The van der Waals surface area contributed by atoms with Gasteiger partial charge in [0.15, 0.2) is 0 Å². The summed E-state index contributed by atoms with van der Waals surface area (Å²) in [6.07, 6.45) is 3.08. The third-order valence-electron chi connectivity index (χ3n) is 3.41. The molecule has 0 bridgehead atoms. The Morgan fingerprint density at radius 3 is 2.79 bits per heavy atom. The maximum atomic E-state index is 13.2. The van der Waals surface area contributed by atoms with Crippen molar-refractivity contribution < 1.29 is 9.13 Å². The van der Waals surface area contributed by atoms with Crippen LogP contribution in [0.5, 0.6) is 5.75 Å². The van der Waals surface area contributed by atoms with Gasteiger partial charge in [0, 0.05) is 18.7 Å². The summed E-state index contributed by atoms with van der Waals surface area (Å²) in [5, 5.41) is 0.122. The van der Waals surface area contributed by atoms with E-state index in [1.165, 1.54) is 12.1 Å². The van der Waals surface area contributed by atoms with Gasteiger partial charge in [0.05, 0.1) is 11.6 Å². The molecule has 1 saturated heterocycles. The van der Waals surface area contributed by atoms with Gasteiger partial charge in [-0.3, -0.25) is 0 Å². The maximum absolute atomic E-state index is 13.2. The Morgan fingerprint density at radius 2 is 2.11 bits per heavy atom. The van der Waals surface area contributed by atoms with E-state index in [1.807, 2.05) is 0 Å². The summed E-state index contributed by atoms with van der Waals surface area (Å²) >= 11 is 5.61. The van der Waals surface area contributed by atoms with Crippen molar-refractivity contribution in [3.63, 3.8) is 0 Å². The number of piperidine rings is 1. The second-order valence-electron chi connectivity index (χ2n) is 4.96. The number of benzene rings is 1. The van der Waals surface area contributed by atoms with Crippen LogP contribution in [0.4, 0.5) is 4.39 Å². The van der Waals surface area contributed by atoms with Gasteiger partial charge in [-0.25, -0.2) is 4.39 Å². The van der Waals surface area contributed by atoms with Crippen LogP contribution < -0.4 is 10.5 Å². The number of rotatable bonds is 5. The molecule has 1 aliphatic heterocycles. The summed E-state index contributed by atoms with van der Waals surface area (Å²) in [5.74, 6) is 0.0896. The Balaban J connectivity index is 1.65. The molecule has 0 radical (unpaired) electrons. The van der Waals surface area contributed by atoms with E-state index >= 15 is 0 Å². The lowest BCUT2D eigenvalue weighted by atomic mass is 10.1. The first-order chi connectivity index (χ1) is 9.15. The van der Waals surface area contributed by atoms with Crippen LogP contribution in [0.25, 0.3) is 0 Å². The minimum atomic E-state index is -0.441. The quantitative estimate of drug-likeness (QED) is 0.846. The Hall–Kier alpha value is -0.840. The lowest BCUT2D eigenvalue weighted by Crippen LogP contribution is -2.40. The SMILES string of the molecule is NC1CCN(CCCOc2ccc(Cl)c(F)c2)CC1. The number of nitrogens with two attached hydrogens (primary N) is 1. The molecule has 2 rings (SSSR count). The second kappa shape index (κ2) is 7.08. The van der Waals surface area contributed by atoms with Gasteiger partial charge in [-0.1, -0.05) is 11.6 Å². The number of nitrogens with zero attached hydrogens (tertiary/aromatic N) is 1. The first-order valence-corrected chi connectivity index (χ1v) is 7.09. The largest absolute Gasteiger partial charge is 0.493 e. The van der Waals surface area contributed by atoms with E-state index in [2.05, 4.69) is 4.90 Å². The number of halogens is 2. The number of hydrogen-bond donors (Lipinski definition) is 1. The molecule has 1 heterocycles. The molecule has 2 N–H and O–H groups in total. The molecular formula is C14H20ClFN2O. The van der Waals surface area contributed by atoms with Crippen molar-refractivity contribution in [2.24, 2.45) is 5.73 Å². The standard InChI is InChI=1S/C14H20ClFN2O/c15-13-3-2-12(10-14(13)16)19-9-1-6-18-7-4-11(17)5-8-18/h2-3,10-11H,1,4-9,17H2. The van der Waals surface area contributed by atoms with Crippen molar-refractivity contribution in [3.05, 3.63) is 29.0 Å². The number of likely N-dealkylation sites (tertiary alicyclic amines) is 1. The van der Waals surface area contributed by atoms with E-state index in [0.29, 0.717) is 18.4 Å². The molecule has 3 nitrogen and oxygen atoms in total. The third kappa shape index (κ3) is 4.64. The van der Waals surface area contributed by atoms with E-state index in [9.17, 15) is 4.39 Å². The molecule has 1 fully saturated rings. The molecule has 0 amide bonds. The number of hydrogen-bond acceptors (Lipinski definition) is 3. The minimum absolute atomic E-state index is 0.122. The second-order valence-corrected chi connectivity index (χ2v) is 5.36. The van der Waals surface area contributed by atoms with Crippen LogP contribution in [0, 0.1) is 5.82 Å². The molecule has 0 saturated carbocycles. The molecule has 0 aliphatic carbocycles. The summed E-state index contributed by atoms with van der Waals surface area (Å²) < 4.78 is 18.7. The molecule has 106 valence electrons. The van der Waals surface area contributed by atoms with Crippen molar-refractivity contribution in [1.29, 1.82) is 0 Å². The van der Waals surface area contributed by atoms with Crippen LogP contribution in [0.15, 0.2) is 18.2 Å². The highest BCUT2D eigenvalue weighted by Crippen LogP contribution is 2.20. The van der Waals surface area contributed by atoms with Gasteiger partial charge >= 0.3 is 0 Å². The van der Waals surface area contributed by atoms with E-state index in [0.717, 1.165) is 38.9 Å². The Kier molecular flexibility index (Phi) is 5.43. The first-order valence-electron chi connectivity index (χ1n) is 6.71. The first kappa shape index (κ1) is 14.6. The fourth-order valence-electron chi connectivity index (χ4n) is 2.22. The van der Waals surface area contributed by atoms with Gasteiger partial charge in [-0.2, -0.15) is 0 Å². The zero-order chi connectivity index (χ0) is 13.7. The van der Waals surface area contributed by atoms with Crippen LogP contribution in [0.2, 0.25) is 5.02 Å². The van der Waals surface area contributed by atoms with Crippen molar-refractivity contribution in [2.75, 3.05) is 26.2 Å². The van der Waals surface area contributed by atoms with Gasteiger partial charge in [0.25, 0.3) is 0 Å². The summed E-state index contributed by atoms with van der Waals surface area (Å²) in [4.78, 5) is 2.40. The Bertz CT molecular complexity index is 408. The molecule has 0 spiro atoms. The fraction of sp³-hybridized carbons (Fsp3) is 0.571. The predicted octanol–water partition coefficient (Wildman–Crippen LogP) is 2.67. The van der Waals surface area contributed by atoms with Crippen molar-refractivity contribution >= 4 is 11.6 Å². The van der Waals surface area contributed by atoms with Gasteiger partial charge in [-0.05, 0) is 44.5 Å². The van der Waals surface area contributed by atoms with Gasteiger partial charge in [0.2, 0.25) is 0 Å². The Labute approximate surface area is 118 Å². The van der Waals surface area contributed by atoms with E-state index < -0.39 is 5.82 Å². The number of ether oxygens (including phenoxy) is 1. The zero-order valence-electron chi connectivity index (χ0n) is 10.9. The smallest absolute Gasteiger partial charge is 0.145 e. The highest BCUT2D eigenvalue weighted by atomic mass is 35.5. The normalized spacial score (nSPS) is 17.6. The average molecular weight is 287 g/mol. The highest BCUT2D eigenvalue weighted by molar-refractivity contribution is 6.30. The van der Waals surface area contributed by atoms with Crippen LogP contribution in [0.3, 0.4) is 0 Å².